The zero-order chi connectivity index (χ0) is 44.9. The molecular weight excluding hydrogens is 843 g/mol. The van der Waals surface area contributed by atoms with E-state index in [1.165, 1.54) is 6.26 Å². The molecule has 6 aromatic carbocycles. The van der Waals surface area contributed by atoms with Gasteiger partial charge < -0.3 is 0 Å². The Morgan fingerprint density at radius 1 is 0.459 bits per heavy atom. The third-order valence-corrected chi connectivity index (χ3v) is 11.0. The lowest BCUT2D eigenvalue weighted by molar-refractivity contribution is -0.138. The van der Waals surface area contributed by atoms with Crippen LogP contribution in [0.5, 0.6) is 0 Å². The monoisotopic (exact) mass is 874 g/mol. The van der Waals surface area contributed by atoms with Gasteiger partial charge in [-0.3, -0.25) is 4.79 Å². The summed E-state index contributed by atoms with van der Waals surface area (Å²) < 4.78 is 172. The van der Waals surface area contributed by atoms with Crippen LogP contribution >= 0.6 is 0 Å². The molecule has 0 N–H and O–H groups in total. The summed E-state index contributed by atoms with van der Waals surface area (Å²) in [5.41, 5.74) is -2.92. The number of carbonyl (C=O) groups excluding carboxylic acids is 1. The van der Waals surface area contributed by atoms with Crippen molar-refractivity contribution in [3.05, 3.63) is 191 Å². The summed E-state index contributed by atoms with van der Waals surface area (Å²) in [6.45, 7) is 0. The van der Waals surface area contributed by atoms with Crippen LogP contribution in [0.2, 0.25) is 0 Å². The van der Waals surface area contributed by atoms with Crippen molar-refractivity contribution in [3.63, 3.8) is 0 Å². The molecule has 0 aliphatic carbocycles. The molecule has 0 fully saturated rings. The van der Waals surface area contributed by atoms with Crippen molar-refractivity contribution in [3.8, 4) is 11.2 Å². The molecule has 16 heteroatoms. The summed E-state index contributed by atoms with van der Waals surface area (Å²) in [4.78, 5) is 12.0. The molecule has 1 atom stereocenters. The molecule has 6 aromatic rings. The van der Waals surface area contributed by atoms with Crippen LogP contribution in [0.25, 0.3) is 0 Å². The Bertz CT molecular complexity index is 2290. The van der Waals surface area contributed by atoms with Gasteiger partial charge in [0.15, 0.2) is 20.9 Å². The number of hydrogen-bond acceptors (Lipinski definition) is 2. The van der Waals surface area contributed by atoms with E-state index in [0.717, 1.165) is 54.1 Å². The predicted molar refractivity (Wildman–Crippen MR) is 213 cm³/mol. The molecule has 0 radical (unpaired) electrons. The Morgan fingerprint density at radius 3 is 1.02 bits per heavy atom. The first-order valence-electron chi connectivity index (χ1n) is 17.9. The van der Waals surface area contributed by atoms with E-state index in [9.17, 15) is 61.7 Å². The number of alkyl halides is 12. The predicted octanol–water partition coefficient (Wildman–Crippen LogP) is 10.1. The van der Waals surface area contributed by atoms with Gasteiger partial charge in [-0.05, 0) is 18.1 Å². The van der Waals surface area contributed by atoms with E-state index >= 15 is 0 Å². The quantitative estimate of drug-likeness (QED) is 0.0527. The number of rotatable bonds is 7. The summed E-state index contributed by atoms with van der Waals surface area (Å²) in [7, 11) is -2.49. The van der Waals surface area contributed by atoms with Gasteiger partial charge in [0.2, 0.25) is 5.78 Å². The number of halogens is 12. The Hall–Kier alpha value is -6.08. The lowest BCUT2D eigenvalue weighted by atomic mass is 9.13. The average Bonchev–Trinajstić information content (AvgIpc) is 3.21. The molecule has 316 valence electrons. The fourth-order valence-electron chi connectivity index (χ4n) is 6.68. The molecular formula is C45H31BF12O2S. The molecule has 1 unspecified atom stereocenters. The number of benzene rings is 6. The minimum absolute atomic E-state index is 0.0114. The molecule has 0 amide bonds. The van der Waals surface area contributed by atoms with Gasteiger partial charge in [0.05, 0.1) is 22.3 Å². The van der Waals surface area contributed by atoms with Gasteiger partial charge in [0.1, 0.15) is 12.4 Å². The molecule has 0 aliphatic rings. The Labute approximate surface area is 343 Å². The molecule has 0 saturated heterocycles. The maximum atomic E-state index is 13.3. The first-order chi connectivity index (χ1) is 28.4. The molecule has 0 aromatic heterocycles. The van der Waals surface area contributed by atoms with Crippen LogP contribution in [-0.2, 0) is 38.8 Å². The van der Waals surface area contributed by atoms with Gasteiger partial charge in [-0.2, -0.15) is 74.5 Å². The Balaban J connectivity index is 0.000000294. The maximum Gasteiger partial charge on any atom is 0.416 e. The lowest BCUT2D eigenvalue weighted by Gasteiger charge is -2.44. The second-order valence-electron chi connectivity index (χ2n) is 13.9. The summed E-state index contributed by atoms with van der Waals surface area (Å²) >= 11 is 0. The van der Waals surface area contributed by atoms with E-state index < -0.39 is 63.0 Å². The summed E-state index contributed by atoms with van der Waals surface area (Å²) in [6, 6.07) is 31.8. The first-order valence-corrected chi connectivity index (χ1v) is 20.0. The lowest BCUT2D eigenvalue weighted by Crippen LogP contribution is -2.74. The van der Waals surface area contributed by atoms with E-state index in [2.05, 4.69) is 11.2 Å². The summed E-state index contributed by atoms with van der Waals surface area (Å²) in [5, 5.41) is 2.73. The van der Waals surface area contributed by atoms with E-state index in [1.54, 1.807) is 24.3 Å². The summed E-state index contributed by atoms with van der Waals surface area (Å²) in [6.07, 6.45) is -20.5. The van der Waals surface area contributed by atoms with E-state index in [-0.39, 0.29) is 33.4 Å². The second-order valence-corrected chi connectivity index (χ2v) is 16.4. The van der Waals surface area contributed by atoms with Gasteiger partial charge in [0.25, 0.3) is 0 Å². The van der Waals surface area contributed by atoms with Crippen molar-refractivity contribution in [2.75, 3.05) is 12.0 Å². The smallest absolute Gasteiger partial charge is 0.289 e. The number of hydrogen-bond donors (Lipinski definition) is 0. The number of Topliss-reactive ketones (excluding diaryl/α,β-unsaturated/α-hetero) is 1. The molecule has 0 aliphatic heterocycles. The van der Waals surface area contributed by atoms with Crippen LogP contribution in [0.3, 0.4) is 0 Å². The topological polar surface area (TPSA) is 34.1 Å². The van der Waals surface area contributed by atoms with Crippen LogP contribution in [0.4, 0.5) is 52.7 Å². The average molecular weight is 875 g/mol. The molecule has 0 saturated carbocycles. The second kappa shape index (κ2) is 17.9. The first kappa shape index (κ1) is 46.0. The van der Waals surface area contributed by atoms with Crippen LogP contribution in [0, 0.1) is 11.2 Å². The highest BCUT2D eigenvalue weighted by molar-refractivity contribution is 8.07. The largest absolute Gasteiger partial charge is 0.416 e. The van der Waals surface area contributed by atoms with Gasteiger partial charge >= 0.3 is 24.7 Å². The standard InChI is InChI=1S/C28H16BF12.C17H15O2S/c30-25(31,32)17-1-9-21(10-2-17)29(22-11-3-18(4-12-22)26(33,34)35,23-13-5-19(6-14-23)27(36,37)38)24-15-7-20(8-16-24)28(39,40)41;1-20(19,13-12-15-8-4-2-5-9-15)14-17(18)16-10-6-3-7-11-16/h1-16H;2-11H,14H2,1H3/q-1;+1. The molecule has 6 rings (SSSR count). The Kier molecular flexibility index (Phi) is 13.5. The molecule has 2 nitrogen and oxygen atoms in total. The van der Waals surface area contributed by atoms with Gasteiger partial charge in [-0.25, -0.2) is 0 Å². The fraction of sp³-hybridized carbons (Fsp3) is 0.133. The van der Waals surface area contributed by atoms with Crippen molar-refractivity contribution in [2.24, 2.45) is 0 Å². The van der Waals surface area contributed by atoms with Crippen molar-refractivity contribution < 1.29 is 61.7 Å². The normalized spacial score (nSPS) is 13.2. The molecule has 0 bridgehead atoms. The minimum Gasteiger partial charge on any atom is -0.289 e. The zero-order valence-corrected chi connectivity index (χ0v) is 32.4. The van der Waals surface area contributed by atoms with Crippen LogP contribution in [0.1, 0.15) is 38.2 Å². The Morgan fingerprint density at radius 2 is 0.738 bits per heavy atom. The van der Waals surface area contributed by atoms with Crippen molar-refractivity contribution in [1.82, 2.24) is 0 Å². The number of ketones is 1. The fourth-order valence-corrected chi connectivity index (χ4v) is 7.75. The summed E-state index contributed by atoms with van der Waals surface area (Å²) in [5.74, 6) is 2.68. The van der Waals surface area contributed by atoms with E-state index in [4.69, 9.17) is 0 Å². The molecule has 61 heavy (non-hydrogen) atoms. The van der Waals surface area contributed by atoms with Crippen molar-refractivity contribution >= 4 is 43.7 Å². The highest BCUT2D eigenvalue weighted by atomic mass is 32.2. The van der Waals surface area contributed by atoms with Gasteiger partial charge in [-0.1, -0.05) is 150 Å². The number of carbonyl (C=O) groups is 1. The van der Waals surface area contributed by atoms with Crippen LogP contribution in [0.15, 0.2) is 158 Å². The maximum absolute atomic E-state index is 13.3. The van der Waals surface area contributed by atoms with E-state index in [0.29, 0.717) is 54.1 Å². The van der Waals surface area contributed by atoms with Crippen molar-refractivity contribution in [2.45, 2.75) is 24.7 Å². The SMILES string of the molecule is C[S+](=O)(C#Cc1ccccc1)CC(=O)c1ccccc1.FC(F)(F)c1ccc([B-](c2ccc(C(F)(F)F)cc2)(c2ccc(C(F)(F)F)cc2)c2ccc(C(F)(F)F)cc2)cc1. The van der Waals surface area contributed by atoms with E-state index in [1.807, 2.05) is 36.4 Å². The molecule has 0 spiro atoms. The third kappa shape index (κ3) is 11.4. The third-order valence-electron chi connectivity index (χ3n) is 9.64. The highest BCUT2D eigenvalue weighted by Gasteiger charge is 2.38. The molecule has 0 heterocycles. The van der Waals surface area contributed by atoms with Crippen LogP contribution < -0.4 is 21.9 Å². The van der Waals surface area contributed by atoms with Crippen LogP contribution in [-0.4, -0.2) is 23.9 Å². The van der Waals surface area contributed by atoms with Crippen molar-refractivity contribution in [1.29, 1.82) is 0 Å². The highest BCUT2D eigenvalue weighted by Crippen LogP contribution is 2.32. The van der Waals surface area contributed by atoms with Gasteiger partial charge in [0, 0.05) is 11.1 Å². The zero-order valence-electron chi connectivity index (χ0n) is 31.6. The van der Waals surface area contributed by atoms with Gasteiger partial charge in [-0.15, -0.1) is 0 Å². The minimum atomic E-state index is -4.77.